The molecule has 0 aliphatic carbocycles. The Hall–Kier alpha value is -1.51. The number of aryl methyl sites for hydroxylation is 1. The fraction of sp³-hybridized carbons (Fsp3) is 0.231. The van der Waals surface area contributed by atoms with Crippen molar-refractivity contribution in [2.75, 3.05) is 7.11 Å². The van der Waals surface area contributed by atoms with Crippen LogP contribution in [-0.2, 0) is 5.75 Å². The van der Waals surface area contributed by atoms with E-state index in [1.807, 2.05) is 30.5 Å². The summed E-state index contributed by atoms with van der Waals surface area (Å²) in [6, 6.07) is 7.82. The first kappa shape index (κ1) is 12.9. The molecule has 18 heavy (non-hydrogen) atoms. The Balaban J connectivity index is 2.08. The van der Waals surface area contributed by atoms with Crippen LogP contribution in [0.25, 0.3) is 0 Å². The minimum atomic E-state index is 0.575. The van der Waals surface area contributed by atoms with Crippen LogP contribution in [0.1, 0.15) is 16.8 Å². The van der Waals surface area contributed by atoms with Gasteiger partial charge >= 0.3 is 0 Å². The fourth-order valence-electron chi connectivity index (χ4n) is 1.48. The molecule has 92 valence electrons. The van der Waals surface area contributed by atoms with E-state index < -0.39 is 0 Å². The largest absolute Gasteiger partial charge is 0.495 e. The molecule has 0 aliphatic rings. The minimum absolute atomic E-state index is 0.575. The SMILES string of the molecule is COc1ccc(CSc2nc(C)cs2)cc1C#N. The van der Waals surface area contributed by atoms with Gasteiger partial charge in [0.05, 0.1) is 12.7 Å². The zero-order chi connectivity index (χ0) is 13.0. The summed E-state index contributed by atoms with van der Waals surface area (Å²) in [4.78, 5) is 4.39. The molecular formula is C13H12N2OS2. The van der Waals surface area contributed by atoms with Crippen LogP contribution in [0.5, 0.6) is 5.75 Å². The molecular weight excluding hydrogens is 264 g/mol. The summed E-state index contributed by atoms with van der Waals surface area (Å²) in [6.07, 6.45) is 0. The summed E-state index contributed by atoms with van der Waals surface area (Å²) in [5.41, 5.74) is 2.73. The summed E-state index contributed by atoms with van der Waals surface area (Å²) in [6.45, 7) is 1.99. The molecule has 2 aromatic rings. The van der Waals surface area contributed by atoms with Crippen LogP contribution in [0.3, 0.4) is 0 Å². The Morgan fingerprint density at radius 2 is 2.33 bits per heavy atom. The van der Waals surface area contributed by atoms with Crippen molar-refractivity contribution in [2.24, 2.45) is 0 Å². The van der Waals surface area contributed by atoms with E-state index in [4.69, 9.17) is 10.00 Å². The second-order valence-electron chi connectivity index (χ2n) is 3.69. The Kier molecular flexibility index (Phi) is 4.24. The molecule has 0 N–H and O–H groups in total. The molecule has 2 rings (SSSR count). The van der Waals surface area contributed by atoms with Crippen LogP contribution in [0, 0.1) is 18.3 Å². The molecule has 3 nitrogen and oxygen atoms in total. The van der Waals surface area contributed by atoms with Crippen molar-refractivity contribution in [3.8, 4) is 11.8 Å². The van der Waals surface area contributed by atoms with Gasteiger partial charge in [-0.1, -0.05) is 17.8 Å². The first-order valence-corrected chi connectivity index (χ1v) is 7.21. The van der Waals surface area contributed by atoms with Crippen molar-refractivity contribution in [1.29, 1.82) is 5.26 Å². The predicted octanol–water partition coefficient (Wildman–Crippen LogP) is 3.62. The van der Waals surface area contributed by atoms with Gasteiger partial charge in [0.15, 0.2) is 0 Å². The number of hydrogen-bond acceptors (Lipinski definition) is 5. The van der Waals surface area contributed by atoms with Gasteiger partial charge in [-0.25, -0.2) is 4.98 Å². The number of methoxy groups -OCH3 is 1. The first-order chi connectivity index (χ1) is 8.72. The molecule has 1 aromatic carbocycles. The van der Waals surface area contributed by atoms with E-state index >= 15 is 0 Å². The Bertz CT molecular complexity index is 587. The molecule has 0 fully saturated rings. The average molecular weight is 276 g/mol. The van der Waals surface area contributed by atoms with E-state index in [1.54, 1.807) is 30.2 Å². The molecule has 0 aliphatic heterocycles. The van der Waals surface area contributed by atoms with Crippen LogP contribution in [0.15, 0.2) is 27.9 Å². The number of rotatable bonds is 4. The van der Waals surface area contributed by atoms with E-state index in [1.165, 1.54) is 0 Å². The summed E-state index contributed by atoms with van der Waals surface area (Å²) >= 11 is 3.33. The monoisotopic (exact) mass is 276 g/mol. The maximum absolute atomic E-state index is 9.02. The highest BCUT2D eigenvalue weighted by atomic mass is 32.2. The van der Waals surface area contributed by atoms with E-state index in [0.29, 0.717) is 11.3 Å². The lowest BCUT2D eigenvalue weighted by atomic mass is 10.1. The Morgan fingerprint density at radius 3 is 2.94 bits per heavy atom. The molecule has 0 unspecified atom stereocenters. The minimum Gasteiger partial charge on any atom is -0.495 e. The maximum Gasteiger partial charge on any atom is 0.150 e. The molecule has 5 heteroatoms. The van der Waals surface area contributed by atoms with Gasteiger partial charge < -0.3 is 4.74 Å². The van der Waals surface area contributed by atoms with Crippen LogP contribution in [-0.4, -0.2) is 12.1 Å². The predicted molar refractivity (Wildman–Crippen MR) is 74.1 cm³/mol. The number of hydrogen-bond donors (Lipinski definition) is 0. The van der Waals surface area contributed by atoms with Gasteiger partial charge in [-0.2, -0.15) is 5.26 Å². The number of benzene rings is 1. The second kappa shape index (κ2) is 5.89. The van der Waals surface area contributed by atoms with Gasteiger partial charge in [0, 0.05) is 16.8 Å². The van der Waals surface area contributed by atoms with Gasteiger partial charge in [0.1, 0.15) is 16.2 Å². The zero-order valence-corrected chi connectivity index (χ0v) is 11.8. The maximum atomic E-state index is 9.02. The number of thiazole rings is 1. The summed E-state index contributed by atoms with van der Waals surface area (Å²) in [7, 11) is 1.57. The number of nitrogens with zero attached hydrogens (tertiary/aromatic N) is 2. The van der Waals surface area contributed by atoms with E-state index in [-0.39, 0.29) is 0 Å². The highest BCUT2D eigenvalue weighted by molar-refractivity contribution is 8.00. The van der Waals surface area contributed by atoms with Crippen molar-refractivity contribution >= 4 is 23.1 Å². The van der Waals surface area contributed by atoms with Crippen LogP contribution in [0.2, 0.25) is 0 Å². The van der Waals surface area contributed by atoms with Gasteiger partial charge in [0.25, 0.3) is 0 Å². The third kappa shape index (κ3) is 3.03. The van der Waals surface area contributed by atoms with E-state index in [2.05, 4.69) is 11.1 Å². The molecule has 0 radical (unpaired) electrons. The highest BCUT2D eigenvalue weighted by Gasteiger charge is 2.05. The molecule has 0 amide bonds. The second-order valence-corrected chi connectivity index (χ2v) is 5.77. The lowest BCUT2D eigenvalue weighted by Crippen LogP contribution is -1.90. The zero-order valence-electron chi connectivity index (χ0n) is 10.1. The quantitative estimate of drug-likeness (QED) is 0.800. The van der Waals surface area contributed by atoms with Gasteiger partial charge in [-0.3, -0.25) is 0 Å². The molecule has 1 aromatic heterocycles. The fourth-order valence-corrected chi connectivity index (χ4v) is 3.27. The molecule has 0 saturated heterocycles. The molecule has 0 saturated carbocycles. The molecule has 1 heterocycles. The highest BCUT2D eigenvalue weighted by Crippen LogP contribution is 2.27. The third-order valence-electron chi connectivity index (χ3n) is 2.34. The van der Waals surface area contributed by atoms with E-state index in [0.717, 1.165) is 21.3 Å². The Labute approximate surface area is 114 Å². The lowest BCUT2D eigenvalue weighted by Gasteiger charge is -2.04. The normalized spacial score (nSPS) is 10.1. The number of ether oxygens (including phenoxy) is 1. The summed E-state index contributed by atoms with van der Waals surface area (Å²) in [5.74, 6) is 1.43. The van der Waals surface area contributed by atoms with Crippen molar-refractivity contribution in [3.63, 3.8) is 0 Å². The van der Waals surface area contributed by atoms with Gasteiger partial charge in [-0.05, 0) is 24.6 Å². The Morgan fingerprint density at radius 1 is 1.50 bits per heavy atom. The number of nitriles is 1. The van der Waals surface area contributed by atoms with Crippen LogP contribution < -0.4 is 4.74 Å². The smallest absolute Gasteiger partial charge is 0.150 e. The van der Waals surface area contributed by atoms with Crippen molar-refractivity contribution in [1.82, 2.24) is 4.98 Å². The van der Waals surface area contributed by atoms with Crippen molar-refractivity contribution in [3.05, 3.63) is 40.4 Å². The van der Waals surface area contributed by atoms with Crippen LogP contribution in [0.4, 0.5) is 0 Å². The standard InChI is InChI=1S/C13H12N2OS2/c1-9-7-17-13(15-9)18-8-10-3-4-12(16-2)11(5-10)6-14/h3-5,7H,8H2,1-2H3. The number of thioether (sulfide) groups is 1. The van der Waals surface area contributed by atoms with Crippen molar-refractivity contribution in [2.45, 2.75) is 17.0 Å². The first-order valence-electron chi connectivity index (χ1n) is 5.35. The van der Waals surface area contributed by atoms with Crippen molar-refractivity contribution < 1.29 is 4.74 Å². The topological polar surface area (TPSA) is 45.9 Å². The molecule has 0 spiro atoms. The average Bonchev–Trinajstić information content (AvgIpc) is 2.81. The van der Waals surface area contributed by atoms with Gasteiger partial charge in [0.2, 0.25) is 0 Å². The summed E-state index contributed by atoms with van der Waals surface area (Å²) < 4.78 is 6.17. The number of aromatic nitrogens is 1. The molecule has 0 bridgehead atoms. The molecule has 0 atom stereocenters. The lowest BCUT2D eigenvalue weighted by molar-refractivity contribution is 0.413. The van der Waals surface area contributed by atoms with E-state index in [9.17, 15) is 0 Å². The van der Waals surface area contributed by atoms with Gasteiger partial charge in [-0.15, -0.1) is 11.3 Å². The van der Waals surface area contributed by atoms with Crippen LogP contribution >= 0.6 is 23.1 Å². The summed E-state index contributed by atoms with van der Waals surface area (Å²) in [5, 5.41) is 11.1. The third-order valence-corrected chi connectivity index (χ3v) is 4.55.